The van der Waals surface area contributed by atoms with Gasteiger partial charge in [-0.2, -0.15) is 0 Å². The minimum absolute atomic E-state index is 0.698. The van der Waals surface area contributed by atoms with Crippen LogP contribution in [0.2, 0.25) is 0 Å². The molecule has 0 heterocycles. The highest BCUT2D eigenvalue weighted by molar-refractivity contribution is 4.61. The van der Waals surface area contributed by atoms with Gasteiger partial charge in [-0.1, -0.05) is 26.2 Å². The summed E-state index contributed by atoms with van der Waals surface area (Å²) in [6.45, 7) is 6.90. The highest BCUT2D eigenvalue weighted by Crippen LogP contribution is 2.02. The number of hydrogen-bond donors (Lipinski definition) is 1. The molecule has 86 valence electrons. The maximum absolute atomic E-state index is 3.57. The van der Waals surface area contributed by atoms with Crippen molar-refractivity contribution in [2.75, 3.05) is 27.2 Å². The summed E-state index contributed by atoms with van der Waals surface area (Å²) in [6.07, 6.45) is 6.66. The molecule has 0 aromatic rings. The van der Waals surface area contributed by atoms with Crippen LogP contribution in [0.1, 0.15) is 46.0 Å². The Hall–Kier alpha value is -0.0800. The van der Waals surface area contributed by atoms with E-state index in [2.05, 4.69) is 38.2 Å². The standard InChI is InChI=1S/C12H28N2/c1-5-6-7-9-12(2)13-10-8-11-14(3)4/h12-13H,5-11H2,1-4H3. The molecule has 0 aliphatic carbocycles. The van der Waals surface area contributed by atoms with Crippen LogP contribution < -0.4 is 5.32 Å². The average Bonchev–Trinajstić information content (AvgIpc) is 2.13. The van der Waals surface area contributed by atoms with Crippen molar-refractivity contribution in [2.24, 2.45) is 0 Å². The van der Waals surface area contributed by atoms with Crippen molar-refractivity contribution in [3.63, 3.8) is 0 Å². The van der Waals surface area contributed by atoms with Crippen molar-refractivity contribution in [1.82, 2.24) is 10.2 Å². The summed E-state index contributed by atoms with van der Waals surface area (Å²) in [5.41, 5.74) is 0. The van der Waals surface area contributed by atoms with Crippen LogP contribution in [0.5, 0.6) is 0 Å². The van der Waals surface area contributed by atoms with Gasteiger partial charge in [-0.15, -0.1) is 0 Å². The summed E-state index contributed by atoms with van der Waals surface area (Å²) in [5, 5.41) is 3.57. The Morgan fingerprint density at radius 1 is 1.14 bits per heavy atom. The lowest BCUT2D eigenvalue weighted by Crippen LogP contribution is -2.29. The Kier molecular flexibility index (Phi) is 9.42. The van der Waals surface area contributed by atoms with E-state index in [1.54, 1.807) is 0 Å². The molecule has 0 aliphatic heterocycles. The van der Waals surface area contributed by atoms with Crippen molar-refractivity contribution in [3.05, 3.63) is 0 Å². The molecule has 2 heteroatoms. The number of rotatable bonds is 9. The average molecular weight is 200 g/mol. The fourth-order valence-corrected chi connectivity index (χ4v) is 1.55. The zero-order valence-corrected chi connectivity index (χ0v) is 10.5. The maximum atomic E-state index is 3.57. The highest BCUT2D eigenvalue weighted by Gasteiger charge is 1.99. The Morgan fingerprint density at radius 2 is 1.86 bits per heavy atom. The summed E-state index contributed by atoms with van der Waals surface area (Å²) in [6, 6.07) is 0.698. The topological polar surface area (TPSA) is 15.3 Å². The predicted octanol–water partition coefficient (Wildman–Crippen LogP) is 2.50. The normalized spacial score (nSPS) is 13.5. The molecule has 0 aromatic heterocycles. The quantitative estimate of drug-likeness (QED) is 0.575. The zero-order valence-electron chi connectivity index (χ0n) is 10.5. The van der Waals surface area contributed by atoms with E-state index in [1.165, 1.54) is 38.6 Å². The smallest absolute Gasteiger partial charge is 0.00387 e. The first kappa shape index (κ1) is 13.9. The molecule has 1 unspecified atom stereocenters. The molecule has 0 radical (unpaired) electrons. The van der Waals surface area contributed by atoms with Crippen LogP contribution in [0, 0.1) is 0 Å². The van der Waals surface area contributed by atoms with Crippen LogP contribution in [-0.2, 0) is 0 Å². The molecule has 0 saturated heterocycles. The van der Waals surface area contributed by atoms with E-state index in [1.807, 2.05) is 0 Å². The number of nitrogens with zero attached hydrogens (tertiary/aromatic N) is 1. The molecule has 1 N–H and O–H groups in total. The van der Waals surface area contributed by atoms with Crippen molar-refractivity contribution in [3.8, 4) is 0 Å². The molecule has 0 aliphatic rings. The summed E-state index contributed by atoms with van der Waals surface area (Å²) >= 11 is 0. The first-order valence-electron chi connectivity index (χ1n) is 6.05. The fraction of sp³-hybridized carbons (Fsp3) is 1.00. The third-order valence-corrected chi connectivity index (χ3v) is 2.52. The summed E-state index contributed by atoms with van der Waals surface area (Å²) < 4.78 is 0. The van der Waals surface area contributed by atoms with Gasteiger partial charge in [0.2, 0.25) is 0 Å². The molecule has 0 aromatic carbocycles. The third-order valence-electron chi connectivity index (χ3n) is 2.52. The van der Waals surface area contributed by atoms with Crippen molar-refractivity contribution < 1.29 is 0 Å². The SMILES string of the molecule is CCCCCC(C)NCCCN(C)C. The second kappa shape index (κ2) is 9.47. The summed E-state index contributed by atoms with van der Waals surface area (Å²) in [7, 11) is 4.26. The van der Waals surface area contributed by atoms with Crippen LogP contribution in [0.15, 0.2) is 0 Å². The van der Waals surface area contributed by atoms with Crippen molar-refractivity contribution in [1.29, 1.82) is 0 Å². The molecule has 2 nitrogen and oxygen atoms in total. The van der Waals surface area contributed by atoms with Gasteiger partial charge in [-0.05, 0) is 47.0 Å². The van der Waals surface area contributed by atoms with E-state index in [0.717, 1.165) is 6.54 Å². The van der Waals surface area contributed by atoms with Gasteiger partial charge in [0.25, 0.3) is 0 Å². The third kappa shape index (κ3) is 10.0. The molecule has 0 fully saturated rings. The van der Waals surface area contributed by atoms with Gasteiger partial charge in [0, 0.05) is 6.04 Å². The first-order valence-corrected chi connectivity index (χ1v) is 6.05. The van der Waals surface area contributed by atoms with Crippen LogP contribution in [0.4, 0.5) is 0 Å². The Labute approximate surface area is 90.1 Å². The van der Waals surface area contributed by atoms with Gasteiger partial charge in [-0.25, -0.2) is 0 Å². The van der Waals surface area contributed by atoms with Crippen LogP contribution >= 0.6 is 0 Å². The zero-order chi connectivity index (χ0) is 10.8. The van der Waals surface area contributed by atoms with E-state index in [0.29, 0.717) is 6.04 Å². The predicted molar refractivity (Wildman–Crippen MR) is 64.8 cm³/mol. The van der Waals surface area contributed by atoms with E-state index < -0.39 is 0 Å². The van der Waals surface area contributed by atoms with Gasteiger partial charge in [0.15, 0.2) is 0 Å². The Balaban J connectivity index is 3.14. The van der Waals surface area contributed by atoms with Gasteiger partial charge in [0.1, 0.15) is 0 Å². The lowest BCUT2D eigenvalue weighted by Gasteiger charge is -2.14. The van der Waals surface area contributed by atoms with E-state index in [-0.39, 0.29) is 0 Å². The molecule has 0 spiro atoms. The van der Waals surface area contributed by atoms with E-state index in [9.17, 15) is 0 Å². The molecular weight excluding hydrogens is 172 g/mol. The summed E-state index contributed by atoms with van der Waals surface area (Å²) in [4.78, 5) is 2.24. The van der Waals surface area contributed by atoms with Gasteiger partial charge in [0.05, 0.1) is 0 Å². The first-order chi connectivity index (χ1) is 6.66. The number of unbranched alkanes of at least 4 members (excludes halogenated alkanes) is 2. The minimum Gasteiger partial charge on any atom is -0.314 e. The lowest BCUT2D eigenvalue weighted by molar-refractivity contribution is 0.384. The van der Waals surface area contributed by atoms with E-state index in [4.69, 9.17) is 0 Å². The molecular formula is C12H28N2. The minimum atomic E-state index is 0.698. The van der Waals surface area contributed by atoms with Gasteiger partial charge < -0.3 is 10.2 Å². The summed E-state index contributed by atoms with van der Waals surface area (Å²) in [5.74, 6) is 0. The van der Waals surface area contributed by atoms with Crippen molar-refractivity contribution in [2.45, 2.75) is 52.0 Å². The highest BCUT2D eigenvalue weighted by atomic mass is 15.1. The second-order valence-electron chi connectivity index (χ2n) is 4.51. The van der Waals surface area contributed by atoms with Crippen LogP contribution in [-0.4, -0.2) is 38.1 Å². The Morgan fingerprint density at radius 3 is 2.43 bits per heavy atom. The maximum Gasteiger partial charge on any atom is 0.00387 e. The van der Waals surface area contributed by atoms with Crippen LogP contribution in [0.3, 0.4) is 0 Å². The number of nitrogens with one attached hydrogen (secondary N) is 1. The van der Waals surface area contributed by atoms with Gasteiger partial charge in [-0.3, -0.25) is 0 Å². The number of hydrogen-bond acceptors (Lipinski definition) is 2. The van der Waals surface area contributed by atoms with Crippen molar-refractivity contribution >= 4 is 0 Å². The largest absolute Gasteiger partial charge is 0.314 e. The molecule has 0 amide bonds. The molecule has 1 atom stereocenters. The molecule has 0 bridgehead atoms. The molecule has 14 heavy (non-hydrogen) atoms. The molecule has 0 rings (SSSR count). The Bertz CT molecular complexity index is 113. The lowest BCUT2D eigenvalue weighted by atomic mass is 10.1. The van der Waals surface area contributed by atoms with E-state index >= 15 is 0 Å². The second-order valence-corrected chi connectivity index (χ2v) is 4.51. The monoisotopic (exact) mass is 200 g/mol. The van der Waals surface area contributed by atoms with Gasteiger partial charge >= 0.3 is 0 Å². The fourth-order valence-electron chi connectivity index (χ4n) is 1.55. The van der Waals surface area contributed by atoms with Crippen LogP contribution in [0.25, 0.3) is 0 Å². The molecule has 0 saturated carbocycles.